The van der Waals surface area contributed by atoms with Crippen molar-refractivity contribution >= 4 is 23.2 Å². The van der Waals surface area contributed by atoms with Crippen LogP contribution in [0.25, 0.3) is 0 Å². The number of halogens is 2. The Labute approximate surface area is 89.2 Å². The molecule has 0 spiro atoms. The molecule has 0 amide bonds. The minimum atomic E-state index is -0.927. The van der Waals surface area contributed by atoms with Crippen LogP contribution in [0.15, 0.2) is 0 Å². The van der Waals surface area contributed by atoms with Crippen LogP contribution in [-0.2, 0) is 14.2 Å². The van der Waals surface area contributed by atoms with Gasteiger partial charge in [0.25, 0.3) is 0 Å². The average Bonchev–Trinajstić information content (AvgIpc) is 1.82. The smallest absolute Gasteiger partial charge is 0.164 e. The van der Waals surface area contributed by atoms with E-state index >= 15 is 0 Å². The molecule has 0 saturated carbocycles. The number of methoxy groups -OCH3 is 2. The van der Waals surface area contributed by atoms with Crippen molar-refractivity contribution in [2.45, 2.75) is 24.0 Å². The van der Waals surface area contributed by atoms with Gasteiger partial charge < -0.3 is 14.2 Å². The quantitative estimate of drug-likeness (QED) is 0.656. The number of hydrogen-bond donors (Lipinski definition) is 0. The van der Waals surface area contributed by atoms with E-state index in [9.17, 15) is 0 Å². The Hall–Kier alpha value is 0.460. The van der Waals surface area contributed by atoms with Crippen LogP contribution in [0, 0.1) is 0 Å². The van der Waals surface area contributed by atoms with Gasteiger partial charge in [-0.2, -0.15) is 0 Å². The van der Waals surface area contributed by atoms with E-state index in [-0.39, 0.29) is 13.2 Å². The second kappa shape index (κ2) is 5.37. The van der Waals surface area contributed by atoms with E-state index in [1.807, 2.05) is 0 Å². The largest absolute Gasteiger partial charge is 0.380 e. The Morgan fingerprint density at radius 1 is 0.923 bits per heavy atom. The molecule has 80 valence electrons. The lowest BCUT2D eigenvalue weighted by Crippen LogP contribution is -2.39. The van der Waals surface area contributed by atoms with Crippen LogP contribution < -0.4 is 0 Å². The van der Waals surface area contributed by atoms with Gasteiger partial charge in [-0.25, -0.2) is 0 Å². The zero-order chi connectivity index (χ0) is 10.5. The molecular formula is C8H16Cl2O3. The van der Waals surface area contributed by atoms with Crippen LogP contribution in [0.2, 0.25) is 0 Å². The molecule has 0 rings (SSSR count). The molecule has 0 aromatic heterocycles. The van der Waals surface area contributed by atoms with Gasteiger partial charge in [0.2, 0.25) is 0 Å². The van der Waals surface area contributed by atoms with E-state index in [4.69, 9.17) is 37.4 Å². The van der Waals surface area contributed by atoms with Gasteiger partial charge in [0.05, 0.1) is 13.2 Å². The maximum Gasteiger partial charge on any atom is 0.164 e. The summed E-state index contributed by atoms with van der Waals surface area (Å²) in [4.78, 5) is 0. The molecule has 0 aliphatic rings. The molecule has 13 heavy (non-hydrogen) atoms. The van der Waals surface area contributed by atoms with Crippen molar-refractivity contribution in [2.24, 2.45) is 0 Å². The van der Waals surface area contributed by atoms with Crippen molar-refractivity contribution < 1.29 is 14.2 Å². The first-order chi connectivity index (χ1) is 5.83. The fourth-order valence-corrected chi connectivity index (χ4v) is 1.62. The van der Waals surface area contributed by atoms with Gasteiger partial charge in [0.15, 0.2) is 10.1 Å². The van der Waals surface area contributed by atoms with Crippen molar-refractivity contribution in [1.29, 1.82) is 0 Å². The highest BCUT2D eigenvalue weighted by molar-refractivity contribution is 6.25. The molecule has 0 aliphatic heterocycles. The minimum absolute atomic E-state index is 0.264. The van der Waals surface area contributed by atoms with Gasteiger partial charge >= 0.3 is 0 Å². The maximum atomic E-state index is 5.97. The number of hydrogen-bond acceptors (Lipinski definition) is 3. The van der Waals surface area contributed by atoms with E-state index in [1.54, 1.807) is 28.1 Å². The normalized spacial score (nSPS) is 20.8. The van der Waals surface area contributed by atoms with Crippen molar-refractivity contribution in [3.63, 3.8) is 0 Å². The number of alkyl halides is 2. The van der Waals surface area contributed by atoms with Gasteiger partial charge in [-0.3, -0.25) is 0 Å². The molecule has 0 N–H and O–H groups in total. The Balaban J connectivity index is 4.07. The standard InChI is InChI=1S/C8H16Cl2O3/c1-7(9,5-11-3)13-8(2,10)6-12-4/h5-6H2,1-4H3. The highest BCUT2D eigenvalue weighted by Gasteiger charge is 2.33. The van der Waals surface area contributed by atoms with E-state index in [2.05, 4.69) is 0 Å². The van der Waals surface area contributed by atoms with E-state index < -0.39 is 10.1 Å². The molecule has 2 atom stereocenters. The van der Waals surface area contributed by atoms with Crippen LogP contribution in [0.1, 0.15) is 13.8 Å². The number of rotatable bonds is 6. The first-order valence-electron chi connectivity index (χ1n) is 3.89. The Morgan fingerprint density at radius 3 is 1.46 bits per heavy atom. The fourth-order valence-electron chi connectivity index (χ4n) is 1.02. The lowest BCUT2D eigenvalue weighted by atomic mass is 10.3. The topological polar surface area (TPSA) is 27.7 Å². The molecule has 2 unspecified atom stereocenters. The summed E-state index contributed by atoms with van der Waals surface area (Å²) >= 11 is 11.9. The van der Waals surface area contributed by atoms with Crippen LogP contribution in [0.4, 0.5) is 0 Å². The monoisotopic (exact) mass is 230 g/mol. The molecule has 0 fully saturated rings. The van der Waals surface area contributed by atoms with E-state index in [1.165, 1.54) is 0 Å². The molecule has 0 radical (unpaired) electrons. The molecule has 0 aromatic rings. The Kier molecular flexibility index (Phi) is 5.56. The molecule has 3 nitrogen and oxygen atoms in total. The van der Waals surface area contributed by atoms with Gasteiger partial charge in [-0.15, -0.1) is 0 Å². The molecule has 0 bridgehead atoms. The zero-order valence-electron chi connectivity index (χ0n) is 8.39. The molecular weight excluding hydrogens is 215 g/mol. The SMILES string of the molecule is COCC(C)(Cl)OC(C)(Cl)COC. The van der Waals surface area contributed by atoms with Gasteiger partial charge in [-0.1, -0.05) is 23.2 Å². The highest BCUT2D eigenvalue weighted by Crippen LogP contribution is 2.27. The first-order valence-corrected chi connectivity index (χ1v) is 4.64. The first kappa shape index (κ1) is 13.5. The molecule has 0 saturated heterocycles. The zero-order valence-corrected chi connectivity index (χ0v) is 9.91. The third-order valence-corrected chi connectivity index (χ3v) is 1.60. The minimum Gasteiger partial charge on any atom is -0.380 e. The third kappa shape index (κ3) is 6.52. The number of ether oxygens (including phenoxy) is 3. The molecule has 0 heterocycles. The fraction of sp³-hybridized carbons (Fsp3) is 1.00. The van der Waals surface area contributed by atoms with Crippen molar-refractivity contribution in [3.8, 4) is 0 Å². The van der Waals surface area contributed by atoms with E-state index in [0.717, 1.165) is 0 Å². The molecule has 0 aromatic carbocycles. The van der Waals surface area contributed by atoms with Crippen LogP contribution in [-0.4, -0.2) is 37.6 Å². The van der Waals surface area contributed by atoms with Gasteiger partial charge in [0.1, 0.15) is 0 Å². The summed E-state index contributed by atoms with van der Waals surface area (Å²) in [5.74, 6) is 0. The van der Waals surface area contributed by atoms with Crippen LogP contribution in [0.5, 0.6) is 0 Å². The summed E-state index contributed by atoms with van der Waals surface area (Å²) in [5, 5.41) is -1.85. The van der Waals surface area contributed by atoms with Crippen molar-refractivity contribution in [2.75, 3.05) is 27.4 Å². The highest BCUT2D eigenvalue weighted by atomic mass is 35.5. The summed E-state index contributed by atoms with van der Waals surface area (Å²) < 4.78 is 15.1. The second-order valence-electron chi connectivity index (χ2n) is 3.17. The third-order valence-electron chi connectivity index (χ3n) is 1.23. The predicted octanol–water partition coefficient (Wildman–Crippen LogP) is 2.21. The van der Waals surface area contributed by atoms with Gasteiger partial charge in [0, 0.05) is 14.2 Å². The molecule has 5 heteroatoms. The van der Waals surface area contributed by atoms with E-state index in [0.29, 0.717) is 0 Å². The summed E-state index contributed by atoms with van der Waals surface area (Å²) in [7, 11) is 3.10. The second-order valence-corrected chi connectivity index (χ2v) is 4.77. The van der Waals surface area contributed by atoms with Gasteiger partial charge in [-0.05, 0) is 13.8 Å². The lowest BCUT2D eigenvalue weighted by molar-refractivity contribution is -0.103. The predicted molar refractivity (Wildman–Crippen MR) is 53.4 cm³/mol. The van der Waals surface area contributed by atoms with Crippen molar-refractivity contribution in [1.82, 2.24) is 0 Å². The summed E-state index contributed by atoms with van der Waals surface area (Å²) in [6, 6.07) is 0. The Morgan fingerprint density at radius 2 is 1.23 bits per heavy atom. The average molecular weight is 231 g/mol. The maximum absolute atomic E-state index is 5.97. The lowest BCUT2D eigenvalue weighted by Gasteiger charge is -2.31. The Bertz CT molecular complexity index is 132. The van der Waals surface area contributed by atoms with Crippen LogP contribution >= 0.6 is 23.2 Å². The molecule has 0 aliphatic carbocycles. The summed E-state index contributed by atoms with van der Waals surface area (Å²) in [5.41, 5.74) is 0. The van der Waals surface area contributed by atoms with Crippen molar-refractivity contribution in [3.05, 3.63) is 0 Å². The summed E-state index contributed by atoms with van der Waals surface area (Å²) in [6.45, 7) is 3.91. The van der Waals surface area contributed by atoms with Crippen LogP contribution in [0.3, 0.4) is 0 Å². The summed E-state index contributed by atoms with van der Waals surface area (Å²) in [6.07, 6.45) is 0.